The van der Waals surface area contributed by atoms with Crippen molar-refractivity contribution in [2.24, 2.45) is 0 Å². The second-order valence-corrected chi connectivity index (χ2v) is 5.46. The molecule has 0 fully saturated rings. The summed E-state index contributed by atoms with van der Waals surface area (Å²) in [6, 6.07) is 14.1. The number of ether oxygens (including phenoxy) is 1. The quantitative estimate of drug-likeness (QED) is 0.566. The van der Waals surface area contributed by atoms with Crippen molar-refractivity contribution in [1.82, 2.24) is 0 Å². The van der Waals surface area contributed by atoms with Crippen LogP contribution in [-0.2, 0) is 0 Å². The zero-order valence-electron chi connectivity index (χ0n) is 13.0. The molecule has 0 aliphatic heterocycles. The Balaban J connectivity index is 2.01. The van der Waals surface area contributed by atoms with Gasteiger partial charge in [-0.05, 0) is 42.8 Å². The van der Waals surface area contributed by atoms with Crippen molar-refractivity contribution in [1.29, 1.82) is 0 Å². The first-order valence-electron chi connectivity index (χ1n) is 7.74. The van der Waals surface area contributed by atoms with Gasteiger partial charge in [-0.1, -0.05) is 13.3 Å². The molecule has 0 aliphatic rings. The van der Waals surface area contributed by atoms with Gasteiger partial charge < -0.3 is 14.9 Å². The van der Waals surface area contributed by atoms with Crippen LogP contribution < -0.4 is 15.9 Å². The zero-order valence-corrected chi connectivity index (χ0v) is 13.0. The van der Waals surface area contributed by atoms with E-state index >= 15 is 0 Å². The standard InChI is InChI=1S/C19H19NO3/c1-2-3-10-22-15-8-9-16-17(21)12-18(23-19(16)11-15)13-4-6-14(20)7-5-13/h4-9,11-12H,2-3,10,20H2,1H3. The number of fused-ring (bicyclic) bond motifs is 1. The molecule has 2 aromatic carbocycles. The summed E-state index contributed by atoms with van der Waals surface area (Å²) in [6.45, 7) is 2.77. The fourth-order valence-electron chi connectivity index (χ4n) is 2.35. The molecule has 3 rings (SSSR count). The van der Waals surface area contributed by atoms with Gasteiger partial charge in [-0.3, -0.25) is 4.79 Å². The van der Waals surface area contributed by atoms with Crippen molar-refractivity contribution in [2.45, 2.75) is 19.8 Å². The molecule has 0 amide bonds. The number of nitrogens with two attached hydrogens (primary N) is 1. The molecule has 0 saturated heterocycles. The monoisotopic (exact) mass is 309 g/mol. The normalized spacial score (nSPS) is 10.8. The fourth-order valence-corrected chi connectivity index (χ4v) is 2.35. The predicted octanol–water partition coefficient (Wildman–Crippen LogP) is 4.22. The summed E-state index contributed by atoms with van der Waals surface area (Å²) in [6.07, 6.45) is 2.07. The lowest BCUT2D eigenvalue weighted by molar-refractivity contribution is 0.309. The minimum absolute atomic E-state index is 0.0711. The highest BCUT2D eigenvalue weighted by molar-refractivity contribution is 5.80. The number of hydrogen-bond acceptors (Lipinski definition) is 4. The first-order chi connectivity index (χ1) is 11.2. The Hall–Kier alpha value is -2.75. The average Bonchev–Trinajstić information content (AvgIpc) is 2.55. The first kappa shape index (κ1) is 15.2. The highest BCUT2D eigenvalue weighted by atomic mass is 16.5. The third kappa shape index (κ3) is 3.37. The Labute approximate surface area is 134 Å². The number of anilines is 1. The molecular formula is C19H19NO3. The minimum atomic E-state index is -0.0711. The highest BCUT2D eigenvalue weighted by Crippen LogP contribution is 2.25. The maximum atomic E-state index is 12.3. The van der Waals surface area contributed by atoms with E-state index < -0.39 is 0 Å². The molecule has 0 aliphatic carbocycles. The van der Waals surface area contributed by atoms with E-state index in [9.17, 15) is 4.79 Å². The van der Waals surface area contributed by atoms with Gasteiger partial charge >= 0.3 is 0 Å². The molecule has 4 heteroatoms. The van der Waals surface area contributed by atoms with Crippen molar-refractivity contribution in [2.75, 3.05) is 12.3 Å². The van der Waals surface area contributed by atoms with E-state index in [1.165, 1.54) is 6.07 Å². The summed E-state index contributed by atoms with van der Waals surface area (Å²) >= 11 is 0. The van der Waals surface area contributed by atoms with E-state index in [2.05, 4.69) is 6.92 Å². The highest BCUT2D eigenvalue weighted by Gasteiger charge is 2.08. The summed E-state index contributed by atoms with van der Waals surface area (Å²) in [5.41, 5.74) is 7.63. The van der Waals surface area contributed by atoms with Crippen LogP contribution in [0.25, 0.3) is 22.3 Å². The molecule has 0 unspecified atom stereocenters. The van der Waals surface area contributed by atoms with Gasteiger partial charge in [-0.2, -0.15) is 0 Å². The van der Waals surface area contributed by atoms with Crippen molar-refractivity contribution >= 4 is 16.7 Å². The molecule has 0 bridgehead atoms. The molecular weight excluding hydrogens is 290 g/mol. The van der Waals surface area contributed by atoms with Crippen LogP contribution in [0.5, 0.6) is 5.75 Å². The Morgan fingerprint density at radius 3 is 2.61 bits per heavy atom. The van der Waals surface area contributed by atoms with Crippen LogP contribution in [0, 0.1) is 0 Å². The van der Waals surface area contributed by atoms with Crippen molar-refractivity contribution in [3.05, 3.63) is 58.8 Å². The van der Waals surface area contributed by atoms with Crippen LogP contribution in [0.3, 0.4) is 0 Å². The number of hydrogen-bond donors (Lipinski definition) is 1. The van der Waals surface area contributed by atoms with Gasteiger partial charge in [0.05, 0.1) is 12.0 Å². The van der Waals surface area contributed by atoms with Crippen molar-refractivity contribution in [3.8, 4) is 17.1 Å². The Bertz CT molecular complexity index is 866. The molecule has 3 aromatic rings. The third-order valence-corrected chi connectivity index (χ3v) is 3.66. The first-order valence-corrected chi connectivity index (χ1v) is 7.74. The molecule has 0 radical (unpaired) electrons. The van der Waals surface area contributed by atoms with E-state index in [1.807, 2.05) is 12.1 Å². The van der Waals surface area contributed by atoms with Gasteiger partial charge in [0.15, 0.2) is 5.43 Å². The summed E-state index contributed by atoms with van der Waals surface area (Å²) in [7, 11) is 0. The number of unbranched alkanes of at least 4 members (excludes halogenated alkanes) is 1. The zero-order chi connectivity index (χ0) is 16.2. The van der Waals surface area contributed by atoms with E-state index in [0.717, 1.165) is 18.4 Å². The largest absolute Gasteiger partial charge is 0.493 e. The van der Waals surface area contributed by atoms with Gasteiger partial charge in [0.25, 0.3) is 0 Å². The van der Waals surface area contributed by atoms with Crippen LogP contribution >= 0.6 is 0 Å². The molecule has 0 spiro atoms. The lowest BCUT2D eigenvalue weighted by Crippen LogP contribution is -2.01. The molecule has 23 heavy (non-hydrogen) atoms. The summed E-state index contributed by atoms with van der Waals surface area (Å²) in [5.74, 6) is 1.23. The number of nitrogen functional groups attached to an aromatic ring is 1. The van der Waals surface area contributed by atoms with Gasteiger partial charge in [-0.25, -0.2) is 0 Å². The fraction of sp³-hybridized carbons (Fsp3) is 0.211. The van der Waals surface area contributed by atoms with Crippen LogP contribution in [0.4, 0.5) is 5.69 Å². The Kier molecular flexibility index (Phi) is 4.33. The van der Waals surface area contributed by atoms with Gasteiger partial charge in [0, 0.05) is 23.4 Å². The van der Waals surface area contributed by atoms with E-state index in [0.29, 0.717) is 34.8 Å². The molecule has 2 N–H and O–H groups in total. The van der Waals surface area contributed by atoms with E-state index in [-0.39, 0.29) is 5.43 Å². The summed E-state index contributed by atoms with van der Waals surface area (Å²) in [4.78, 5) is 12.3. The second-order valence-electron chi connectivity index (χ2n) is 5.46. The smallest absolute Gasteiger partial charge is 0.193 e. The van der Waals surface area contributed by atoms with Gasteiger partial charge in [0.2, 0.25) is 0 Å². The molecule has 118 valence electrons. The van der Waals surface area contributed by atoms with Crippen LogP contribution in [0.1, 0.15) is 19.8 Å². The Morgan fingerprint density at radius 1 is 1.09 bits per heavy atom. The van der Waals surface area contributed by atoms with Crippen LogP contribution in [0.2, 0.25) is 0 Å². The van der Waals surface area contributed by atoms with Gasteiger partial charge in [0.1, 0.15) is 17.1 Å². The number of rotatable bonds is 5. The predicted molar refractivity (Wildman–Crippen MR) is 92.7 cm³/mol. The Morgan fingerprint density at radius 2 is 1.87 bits per heavy atom. The molecule has 1 aromatic heterocycles. The average molecular weight is 309 g/mol. The SMILES string of the molecule is CCCCOc1ccc2c(=O)cc(-c3ccc(N)cc3)oc2c1. The van der Waals surface area contributed by atoms with Crippen molar-refractivity contribution < 1.29 is 9.15 Å². The minimum Gasteiger partial charge on any atom is -0.493 e. The van der Waals surface area contributed by atoms with Crippen LogP contribution in [0.15, 0.2) is 57.7 Å². The molecule has 0 atom stereocenters. The topological polar surface area (TPSA) is 65.5 Å². The van der Waals surface area contributed by atoms with Gasteiger partial charge in [-0.15, -0.1) is 0 Å². The second kappa shape index (κ2) is 6.57. The lowest BCUT2D eigenvalue weighted by Gasteiger charge is -2.07. The van der Waals surface area contributed by atoms with E-state index in [4.69, 9.17) is 14.9 Å². The van der Waals surface area contributed by atoms with E-state index in [1.54, 1.807) is 30.3 Å². The molecule has 1 heterocycles. The maximum Gasteiger partial charge on any atom is 0.193 e. The summed E-state index contributed by atoms with van der Waals surface area (Å²) < 4.78 is 11.6. The van der Waals surface area contributed by atoms with Crippen LogP contribution in [-0.4, -0.2) is 6.61 Å². The summed E-state index contributed by atoms with van der Waals surface area (Å²) in [5, 5.41) is 0.548. The third-order valence-electron chi connectivity index (χ3n) is 3.66. The number of benzene rings is 2. The lowest BCUT2D eigenvalue weighted by atomic mass is 10.1. The van der Waals surface area contributed by atoms with Crippen molar-refractivity contribution in [3.63, 3.8) is 0 Å². The molecule has 0 saturated carbocycles. The maximum absolute atomic E-state index is 12.3. The molecule has 4 nitrogen and oxygen atoms in total.